The Labute approximate surface area is 168 Å². The molecule has 146 valence electrons. The molecular weight excluding hydrogens is 388 g/mol. The Morgan fingerprint density at radius 3 is 2.33 bits per heavy atom. The van der Waals surface area contributed by atoms with Crippen LogP contribution in [-0.4, -0.2) is 58.3 Å². The molecule has 3 rings (SSSR count). The lowest BCUT2D eigenvalue weighted by Crippen LogP contribution is -3.13. The van der Waals surface area contributed by atoms with Crippen LogP contribution in [0.3, 0.4) is 0 Å². The van der Waals surface area contributed by atoms with E-state index in [1.54, 1.807) is 33.5 Å². The first kappa shape index (κ1) is 19.8. The molecule has 1 aromatic heterocycles. The van der Waals surface area contributed by atoms with Gasteiger partial charge in [-0.05, 0) is 24.3 Å². The number of hydrogen-bond donors (Lipinski definition) is 1. The van der Waals surface area contributed by atoms with E-state index < -0.39 is 0 Å². The lowest BCUT2D eigenvalue weighted by Gasteiger charge is -2.32. The summed E-state index contributed by atoms with van der Waals surface area (Å²) in [6.45, 7) is 4.00. The fourth-order valence-corrected chi connectivity index (χ4v) is 4.37. The van der Waals surface area contributed by atoms with Crippen molar-refractivity contribution in [3.63, 3.8) is 0 Å². The van der Waals surface area contributed by atoms with Crippen LogP contribution in [0.2, 0.25) is 4.34 Å². The van der Waals surface area contributed by atoms with Gasteiger partial charge in [0.1, 0.15) is 6.54 Å². The fraction of sp³-hybridized carbons (Fsp3) is 0.421. The number of methoxy groups -OCH3 is 3. The Morgan fingerprint density at radius 1 is 1.07 bits per heavy atom. The number of hydrogen-bond acceptors (Lipinski definition) is 5. The van der Waals surface area contributed by atoms with Crippen LogP contribution in [0.4, 0.5) is 0 Å². The van der Waals surface area contributed by atoms with Gasteiger partial charge in [-0.15, -0.1) is 11.3 Å². The smallest absolute Gasteiger partial charge is 0.264 e. The molecule has 0 aliphatic carbocycles. The zero-order valence-electron chi connectivity index (χ0n) is 15.7. The maximum atomic E-state index is 12.6. The zero-order chi connectivity index (χ0) is 19.4. The Balaban J connectivity index is 1.65. The maximum Gasteiger partial charge on any atom is 0.264 e. The Hall–Kier alpha value is -1.96. The molecule has 1 saturated heterocycles. The van der Waals surface area contributed by atoms with E-state index in [0.29, 0.717) is 26.5 Å². The van der Waals surface area contributed by atoms with Crippen molar-refractivity contribution in [2.24, 2.45) is 0 Å². The van der Waals surface area contributed by atoms with Crippen LogP contribution in [0.15, 0.2) is 24.3 Å². The van der Waals surface area contributed by atoms with Crippen molar-refractivity contribution >= 4 is 28.8 Å². The highest BCUT2D eigenvalue weighted by molar-refractivity contribution is 7.17. The van der Waals surface area contributed by atoms with Gasteiger partial charge in [-0.25, -0.2) is 0 Å². The van der Waals surface area contributed by atoms with Gasteiger partial charge in [0.15, 0.2) is 11.5 Å². The third-order valence-corrected chi connectivity index (χ3v) is 5.99. The van der Waals surface area contributed by atoms with Crippen molar-refractivity contribution in [3.05, 3.63) is 39.0 Å². The number of thiophene rings is 1. The average Bonchev–Trinajstić information content (AvgIpc) is 3.13. The van der Waals surface area contributed by atoms with Crippen molar-refractivity contribution in [1.29, 1.82) is 0 Å². The summed E-state index contributed by atoms with van der Waals surface area (Å²) >= 11 is 7.27. The monoisotopic (exact) mass is 411 g/mol. The minimum atomic E-state index is 0.0645. The molecule has 1 N–H and O–H groups in total. The van der Waals surface area contributed by atoms with Gasteiger partial charge in [0.05, 0.1) is 62.3 Å². The van der Waals surface area contributed by atoms with Crippen molar-refractivity contribution in [3.8, 4) is 17.2 Å². The number of benzene rings is 1. The summed E-state index contributed by atoms with van der Waals surface area (Å²) in [6.07, 6.45) is 0. The topological polar surface area (TPSA) is 52.4 Å². The number of piperazine rings is 1. The lowest BCUT2D eigenvalue weighted by atomic mass is 10.1. The van der Waals surface area contributed by atoms with Gasteiger partial charge < -0.3 is 24.0 Å². The fourth-order valence-electron chi connectivity index (χ4n) is 3.36. The molecule has 0 unspecified atom stereocenters. The SMILES string of the molecule is COc1ccc(C[NH+]2CCN(C(=O)c3ccc(Cl)s3)CC2)c(OC)c1OC. The second-order valence-electron chi connectivity index (χ2n) is 6.32. The minimum absolute atomic E-state index is 0.0645. The molecule has 2 heterocycles. The van der Waals surface area contributed by atoms with E-state index >= 15 is 0 Å². The van der Waals surface area contributed by atoms with Crippen molar-refractivity contribution in [1.82, 2.24) is 4.90 Å². The van der Waals surface area contributed by atoms with E-state index in [1.165, 1.54) is 16.2 Å². The highest BCUT2D eigenvalue weighted by Gasteiger charge is 2.27. The third-order valence-electron chi connectivity index (χ3n) is 4.77. The molecule has 8 heteroatoms. The third kappa shape index (κ3) is 4.31. The molecule has 2 aromatic rings. The van der Waals surface area contributed by atoms with Crippen molar-refractivity contribution in [2.45, 2.75) is 6.54 Å². The number of quaternary nitrogens is 1. The molecular formula is C19H24ClN2O4S+. The van der Waals surface area contributed by atoms with E-state index in [2.05, 4.69) is 0 Å². The first-order chi connectivity index (χ1) is 13.1. The summed E-state index contributed by atoms with van der Waals surface area (Å²) in [4.78, 5) is 16.5. The largest absolute Gasteiger partial charge is 0.493 e. The molecule has 0 spiro atoms. The normalized spacial score (nSPS) is 14.9. The summed E-state index contributed by atoms with van der Waals surface area (Å²) in [5.74, 6) is 2.03. The molecule has 1 fully saturated rings. The molecule has 6 nitrogen and oxygen atoms in total. The Morgan fingerprint density at radius 2 is 1.78 bits per heavy atom. The average molecular weight is 412 g/mol. The summed E-state index contributed by atoms with van der Waals surface area (Å²) in [6, 6.07) is 7.47. The number of nitrogens with zero attached hydrogens (tertiary/aromatic N) is 1. The van der Waals surface area contributed by atoms with Gasteiger partial charge in [0.2, 0.25) is 5.75 Å². The highest BCUT2D eigenvalue weighted by Crippen LogP contribution is 2.39. The number of ether oxygens (including phenoxy) is 3. The van der Waals surface area contributed by atoms with Crippen LogP contribution in [-0.2, 0) is 6.54 Å². The number of halogens is 1. The summed E-state index contributed by atoms with van der Waals surface area (Å²) in [5.41, 5.74) is 1.06. The van der Waals surface area contributed by atoms with Gasteiger partial charge in [0, 0.05) is 0 Å². The number of carbonyl (C=O) groups is 1. The first-order valence-electron chi connectivity index (χ1n) is 8.73. The van der Waals surface area contributed by atoms with Crippen LogP contribution in [0, 0.1) is 0 Å². The minimum Gasteiger partial charge on any atom is -0.493 e. The molecule has 0 radical (unpaired) electrons. The van der Waals surface area contributed by atoms with Crippen LogP contribution in [0.1, 0.15) is 15.2 Å². The van der Waals surface area contributed by atoms with Gasteiger partial charge in [-0.2, -0.15) is 0 Å². The van der Waals surface area contributed by atoms with E-state index in [9.17, 15) is 4.79 Å². The van der Waals surface area contributed by atoms with E-state index in [4.69, 9.17) is 25.8 Å². The predicted molar refractivity (Wildman–Crippen MR) is 106 cm³/mol. The summed E-state index contributed by atoms with van der Waals surface area (Å²) < 4.78 is 17.0. The van der Waals surface area contributed by atoms with Crippen molar-refractivity contribution < 1.29 is 23.9 Å². The van der Waals surface area contributed by atoms with Crippen LogP contribution < -0.4 is 19.1 Å². The second kappa shape index (κ2) is 8.82. The lowest BCUT2D eigenvalue weighted by molar-refractivity contribution is -0.917. The number of amides is 1. The standard InChI is InChI=1S/C19H23ClN2O4S/c1-24-14-5-4-13(17(25-2)18(14)26-3)12-21-8-10-22(11-9-21)19(23)15-6-7-16(20)27-15/h4-7H,8-12H2,1-3H3/p+1. The number of carbonyl (C=O) groups excluding carboxylic acids is 1. The van der Waals surface area contributed by atoms with E-state index in [0.717, 1.165) is 38.3 Å². The quantitative estimate of drug-likeness (QED) is 0.789. The molecule has 1 aliphatic rings. The molecule has 1 aromatic carbocycles. The van der Waals surface area contributed by atoms with Gasteiger partial charge in [0.25, 0.3) is 5.91 Å². The molecule has 0 saturated carbocycles. The molecule has 27 heavy (non-hydrogen) atoms. The zero-order valence-corrected chi connectivity index (χ0v) is 17.3. The van der Waals surface area contributed by atoms with Gasteiger partial charge in [-0.3, -0.25) is 4.79 Å². The Bertz CT molecular complexity index is 803. The number of rotatable bonds is 6. The summed E-state index contributed by atoms with van der Waals surface area (Å²) in [7, 11) is 4.86. The highest BCUT2D eigenvalue weighted by atomic mass is 35.5. The van der Waals surface area contributed by atoms with Gasteiger partial charge >= 0.3 is 0 Å². The maximum absolute atomic E-state index is 12.6. The molecule has 0 bridgehead atoms. The summed E-state index contributed by atoms with van der Waals surface area (Å²) in [5, 5.41) is 0. The molecule has 1 aliphatic heterocycles. The Kier molecular flexibility index (Phi) is 6.46. The first-order valence-corrected chi connectivity index (χ1v) is 9.92. The van der Waals surface area contributed by atoms with Crippen LogP contribution in [0.5, 0.6) is 17.2 Å². The van der Waals surface area contributed by atoms with E-state index in [-0.39, 0.29) is 5.91 Å². The van der Waals surface area contributed by atoms with Crippen LogP contribution >= 0.6 is 22.9 Å². The van der Waals surface area contributed by atoms with Crippen molar-refractivity contribution in [2.75, 3.05) is 47.5 Å². The number of nitrogens with one attached hydrogen (secondary N) is 1. The second-order valence-corrected chi connectivity index (χ2v) is 8.03. The van der Waals surface area contributed by atoms with Gasteiger partial charge in [-0.1, -0.05) is 11.6 Å². The predicted octanol–water partition coefficient (Wildman–Crippen LogP) is 1.97. The van der Waals surface area contributed by atoms with Crippen LogP contribution in [0.25, 0.3) is 0 Å². The van der Waals surface area contributed by atoms with E-state index in [1.807, 2.05) is 17.0 Å². The molecule has 1 amide bonds. The molecule has 0 atom stereocenters.